The van der Waals surface area contributed by atoms with Crippen molar-refractivity contribution in [1.82, 2.24) is 0 Å². The van der Waals surface area contributed by atoms with E-state index in [-0.39, 0.29) is 22.3 Å². The maximum Gasteiger partial charge on any atom is 0.678 e. The van der Waals surface area contributed by atoms with Gasteiger partial charge in [0, 0.05) is 28.4 Å². The minimum absolute atomic E-state index is 0. The highest BCUT2D eigenvalue weighted by atomic mass is 28.4. The Kier molecular flexibility index (Phi) is 20.9. The predicted molar refractivity (Wildman–Crippen MR) is 54.0 cm³/mol. The van der Waals surface area contributed by atoms with Crippen molar-refractivity contribution < 1.29 is 17.7 Å². The summed E-state index contributed by atoms with van der Waals surface area (Å²) in [7, 11) is 3.26. The van der Waals surface area contributed by atoms with Crippen LogP contribution < -0.4 is 0 Å². The van der Waals surface area contributed by atoms with E-state index in [1.54, 1.807) is 0 Å². The van der Waals surface area contributed by atoms with Crippen LogP contribution in [0.1, 0.15) is 22.3 Å². The quantitative estimate of drug-likeness (QED) is 0.650. The molecule has 0 saturated heterocycles. The van der Waals surface area contributed by atoms with E-state index in [0.717, 1.165) is 0 Å². The first kappa shape index (κ1) is 22.7. The molecule has 0 saturated carbocycles. The third-order valence-corrected chi connectivity index (χ3v) is 3.00. The molecule has 4 nitrogen and oxygen atoms in total. The third-order valence-electron chi connectivity index (χ3n) is 1.00. The lowest BCUT2D eigenvalue weighted by molar-refractivity contribution is 0.0226. The highest BCUT2D eigenvalue weighted by Gasteiger charge is 2.40. The molecule has 0 rings (SSSR count). The molecule has 0 N–H and O–H groups in total. The van der Waals surface area contributed by atoms with Crippen molar-refractivity contribution in [2.45, 2.75) is 22.3 Å². The van der Waals surface area contributed by atoms with Gasteiger partial charge in [0.15, 0.2) is 0 Å². The second-order valence-corrected chi connectivity index (χ2v) is 3.95. The molecule has 0 unspecified atom stereocenters. The van der Waals surface area contributed by atoms with Gasteiger partial charge in [-0.25, -0.2) is 0 Å². The van der Waals surface area contributed by atoms with Crippen LogP contribution in [0.4, 0.5) is 0 Å². The minimum Gasteiger partial charge on any atom is -0.355 e. The van der Waals surface area contributed by atoms with Gasteiger partial charge in [0.2, 0.25) is 0 Å². The number of hydrogen-bond acceptors (Lipinski definition) is 4. The average Bonchev–Trinajstić information content (AvgIpc) is 1.95. The zero-order valence-electron chi connectivity index (χ0n) is 6.13. The first-order valence-electron chi connectivity index (χ1n) is 2.45. The molecule has 0 heterocycles. The molecule has 0 radical (unpaired) electrons. The summed E-state index contributed by atoms with van der Waals surface area (Å²) in [6, 6.07) is 0. The van der Waals surface area contributed by atoms with Crippen molar-refractivity contribution in [3.05, 3.63) is 0 Å². The van der Waals surface area contributed by atoms with E-state index in [0.29, 0.717) is 0 Å². The number of rotatable bonds is 4. The molecular formula is C7H24O4Si. The molecule has 0 aromatic carbocycles. The van der Waals surface area contributed by atoms with Gasteiger partial charge in [-0.15, -0.1) is 0 Å². The van der Waals surface area contributed by atoms with E-state index < -0.39 is 9.05 Å². The van der Waals surface area contributed by atoms with E-state index >= 15 is 0 Å². The minimum atomic E-state index is -2.69. The average molecular weight is 200 g/mol. The van der Waals surface area contributed by atoms with Gasteiger partial charge in [-0.3, -0.25) is 0 Å². The van der Waals surface area contributed by atoms with Gasteiger partial charge in [-0.1, -0.05) is 22.3 Å². The summed E-state index contributed by atoms with van der Waals surface area (Å²) in [5.74, 6) is 0. The van der Waals surface area contributed by atoms with Gasteiger partial charge < -0.3 is 17.7 Å². The summed E-state index contributed by atoms with van der Waals surface area (Å²) >= 11 is 0. The van der Waals surface area contributed by atoms with Crippen LogP contribution in [0.25, 0.3) is 0 Å². The Bertz CT molecular complexity index is 58.3. The lowest BCUT2D eigenvalue weighted by Crippen LogP contribution is -2.45. The summed E-state index contributed by atoms with van der Waals surface area (Å²) in [6.45, 7) is 0. The van der Waals surface area contributed by atoms with Crippen LogP contribution in [-0.4, -0.2) is 37.5 Å². The van der Waals surface area contributed by atoms with E-state index in [1.807, 2.05) is 0 Å². The molecule has 0 spiro atoms. The summed E-state index contributed by atoms with van der Waals surface area (Å²) in [6.07, 6.45) is 0. The van der Waals surface area contributed by atoms with Gasteiger partial charge in [-0.05, 0) is 0 Å². The van der Waals surface area contributed by atoms with Crippen LogP contribution in [0, 0.1) is 0 Å². The molecule has 0 aromatic rings. The van der Waals surface area contributed by atoms with E-state index in [4.69, 9.17) is 17.7 Å². The Labute approximate surface area is 78.3 Å². The topological polar surface area (TPSA) is 36.9 Å². The molecule has 0 aliphatic rings. The van der Waals surface area contributed by atoms with Crippen LogP contribution in [0.5, 0.6) is 0 Å². The molecule has 0 aliphatic heterocycles. The first-order chi connectivity index (χ1) is 4.24. The molecular weight excluding hydrogens is 176 g/mol. The molecule has 12 heavy (non-hydrogen) atoms. The lowest BCUT2D eigenvalue weighted by Gasteiger charge is -2.19. The van der Waals surface area contributed by atoms with Crippen molar-refractivity contribution in [3.63, 3.8) is 0 Å². The van der Waals surface area contributed by atoms with Crippen LogP contribution in [0.15, 0.2) is 0 Å². The highest BCUT2D eigenvalue weighted by Crippen LogP contribution is 2.04. The molecule has 0 atom stereocenters. The van der Waals surface area contributed by atoms with E-state index in [1.165, 1.54) is 28.4 Å². The molecule has 0 aromatic heterocycles. The Morgan fingerprint density at radius 3 is 0.750 bits per heavy atom. The lowest BCUT2D eigenvalue weighted by atomic mass is 11.8. The molecule has 0 aliphatic carbocycles. The first-order valence-corrected chi connectivity index (χ1v) is 4.08. The van der Waals surface area contributed by atoms with Crippen LogP contribution >= 0.6 is 0 Å². The van der Waals surface area contributed by atoms with Gasteiger partial charge in [0.1, 0.15) is 0 Å². The fraction of sp³-hybridized carbons (Fsp3) is 1.00. The smallest absolute Gasteiger partial charge is 0.355 e. The number of hydrogen-bond donors (Lipinski definition) is 0. The summed E-state index contributed by atoms with van der Waals surface area (Å²) in [5.41, 5.74) is 0. The van der Waals surface area contributed by atoms with E-state index in [9.17, 15) is 0 Å². The van der Waals surface area contributed by atoms with Crippen molar-refractivity contribution >= 4 is 9.05 Å². The highest BCUT2D eigenvalue weighted by molar-refractivity contribution is 6.53. The van der Waals surface area contributed by atoms with Crippen LogP contribution in [0.3, 0.4) is 0 Å². The zero-order chi connectivity index (χ0) is 7.33. The van der Waals surface area contributed by atoms with Crippen LogP contribution in [-0.2, 0) is 17.7 Å². The second-order valence-electron chi connectivity index (χ2n) is 1.32. The normalized spacial score (nSPS) is 9.00. The zero-order valence-corrected chi connectivity index (χ0v) is 7.13. The van der Waals surface area contributed by atoms with Gasteiger partial charge in [0.25, 0.3) is 0 Å². The SMILES string of the molecule is C.C.C.CO[Si](OC)(OC)OC. The predicted octanol–water partition coefficient (Wildman–Crippen LogP) is 1.92. The molecule has 0 amide bonds. The maximum absolute atomic E-state index is 4.86. The Balaban J connectivity index is -0.000000107. The van der Waals surface area contributed by atoms with Gasteiger partial charge >= 0.3 is 9.05 Å². The van der Waals surface area contributed by atoms with Crippen molar-refractivity contribution in [3.8, 4) is 0 Å². The monoisotopic (exact) mass is 200 g/mol. The maximum atomic E-state index is 4.86. The molecule has 0 fully saturated rings. The largest absolute Gasteiger partial charge is 0.678 e. The van der Waals surface area contributed by atoms with Crippen molar-refractivity contribution in [2.24, 2.45) is 0 Å². The summed E-state index contributed by atoms with van der Waals surface area (Å²) < 4.78 is 19.4. The van der Waals surface area contributed by atoms with Crippen molar-refractivity contribution in [2.75, 3.05) is 28.4 Å². The molecule has 0 bridgehead atoms. The molecule has 80 valence electrons. The summed E-state index contributed by atoms with van der Waals surface area (Å²) in [4.78, 5) is 0. The third kappa shape index (κ3) is 5.67. The fourth-order valence-corrected chi connectivity index (χ4v) is 1.50. The Morgan fingerprint density at radius 2 is 0.750 bits per heavy atom. The Hall–Kier alpha value is 0.0569. The van der Waals surface area contributed by atoms with E-state index in [2.05, 4.69) is 0 Å². The van der Waals surface area contributed by atoms with Gasteiger partial charge in [0.05, 0.1) is 0 Å². The van der Waals surface area contributed by atoms with Crippen molar-refractivity contribution in [1.29, 1.82) is 0 Å². The standard InChI is InChI=1S/C4H12O4Si.3CH4/c1-5-9(6-2,7-3)8-4;;;/h1-4H3;3*1H4. The Morgan fingerprint density at radius 1 is 0.583 bits per heavy atom. The van der Waals surface area contributed by atoms with Crippen LogP contribution in [0.2, 0.25) is 0 Å². The molecule has 5 heteroatoms. The van der Waals surface area contributed by atoms with Gasteiger partial charge in [-0.2, -0.15) is 0 Å². The second kappa shape index (κ2) is 11.1. The summed E-state index contributed by atoms with van der Waals surface area (Å²) in [5, 5.41) is 0. The fourth-order valence-electron chi connectivity index (χ4n) is 0.500.